The lowest BCUT2D eigenvalue weighted by molar-refractivity contribution is 0.0696. The van der Waals surface area contributed by atoms with E-state index in [4.69, 9.17) is 9.66 Å². The topological polar surface area (TPSA) is 113 Å². The van der Waals surface area contributed by atoms with Crippen LogP contribution in [0.3, 0.4) is 0 Å². The molecule has 0 aliphatic heterocycles. The Bertz CT molecular complexity index is 381. The number of hydroxylamine groups is 1. The molecule has 15 heavy (non-hydrogen) atoms. The Morgan fingerprint density at radius 1 is 1.53 bits per heavy atom. The molecule has 0 radical (unpaired) electrons. The van der Waals surface area contributed by atoms with Crippen molar-refractivity contribution in [2.75, 3.05) is 12.1 Å². The average Bonchev–Trinajstić information content (AvgIpc) is 2.17. The van der Waals surface area contributed by atoms with Gasteiger partial charge >= 0.3 is 17.3 Å². The molecule has 0 aromatic carbocycles. The number of anilines is 1. The first-order valence-electron chi connectivity index (χ1n) is 3.59. The average molecular weight is 233 g/mol. The molecule has 0 amide bonds. The lowest BCUT2D eigenvalue weighted by Gasteiger charge is -2.11. The third kappa shape index (κ3) is 3.23. The van der Waals surface area contributed by atoms with Gasteiger partial charge in [-0.15, -0.1) is 4.28 Å². The number of nitrogens with zero attached hydrogens (tertiary/aromatic N) is 3. The van der Waals surface area contributed by atoms with Crippen molar-refractivity contribution in [3.8, 4) is 0 Å². The number of aromatic nitrogens is 2. The third-order valence-electron chi connectivity index (χ3n) is 1.34. The molecule has 0 saturated carbocycles. The van der Waals surface area contributed by atoms with Gasteiger partial charge in [0, 0.05) is 19.4 Å². The van der Waals surface area contributed by atoms with Gasteiger partial charge in [-0.2, -0.15) is 4.21 Å². The van der Waals surface area contributed by atoms with Gasteiger partial charge in [0.15, 0.2) is 0 Å². The molecule has 8 nitrogen and oxygen atoms in total. The molecule has 1 heterocycles. The minimum atomic E-state index is -2.48. The highest BCUT2D eigenvalue weighted by atomic mass is 32.2. The maximum absolute atomic E-state index is 10.4. The summed E-state index contributed by atoms with van der Waals surface area (Å²) in [6, 6.07) is 0. The Hall–Kier alpha value is -1.58. The van der Waals surface area contributed by atoms with Gasteiger partial charge in [-0.05, 0) is 0 Å². The van der Waals surface area contributed by atoms with E-state index in [1.54, 1.807) is 0 Å². The van der Waals surface area contributed by atoms with Crippen LogP contribution in [0.4, 0.5) is 5.95 Å². The second-order valence-electron chi connectivity index (χ2n) is 2.37. The first-order valence-corrected chi connectivity index (χ1v) is 4.62. The Kier molecular flexibility index (Phi) is 3.66. The number of rotatable bonds is 4. The molecule has 1 aromatic rings. The SMILES string of the molecule is CN(OS(=O)O)c1ncc(C(=O)O)cn1. The number of carboxylic acid groups (broad SMARTS) is 1. The standard InChI is InChI=1S/C6H7N3O5S/c1-9(14-15(12)13)6-7-2-4(3-8-6)5(10)11/h2-3H,1H3,(H,10,11)(H,12,13). The highest BCUT2D eigenvalue weighted by molar-refractivity contribution is 7.74. The van der Waals surface area contributed by atoms with E-state index in [0.717, 1.165) is 17.5 Å². The number of hydrogen-bond donors (Lipinski definition) is 2. The molecule has 0 bridgehead atoms. The van der Waals surface area contributed by atoms with Crippen LogP contribution < -0.4 is 5.06 Å². The lowest BCUT2D eigenvalue weighted by atomic mass is 10.4. The summed E-state index contributed by atoms with van der Waals surface area (Å²) in [5.41, 5.74) is -0.0859. The maximum Gasteiger partial charge on any atom is 0.338 e. The molecule has 1 aromatic heterocycles. The largest absolute Gasteiger partial charge is 0.478 e. The number of aromatic carboxylic acids is 1. The van der Waals surface area contributed by atoms with Crippen molar-refractivity contribution in [1.82, 2.24) is 9.97 Å². The monoisotopic (exact) mass is 233 g/mol. The molecule has 0 aliphatic carbocycles. The number of carbonyl (C=O) groups is 1. The van der Waals surface area contributed by atoms with Crippen LogP contribution in [0.1, 0.15) is 10.4 Å². The summed E-state index contributed by atoms with van der Waals surface area (Å²) in [5, 5.41) is 9.40. The van der Waals surface area contributed by atoms with E-state index in [1.807, 2.05) is 0 Å². The quantitative estimate of drug-likeness (QED) is 0.537. The van der Waals surface area contributed by atoms with E-state index in [9.17, 15) is 9.00 Å². The third-order valence-corrected chi connectivity index (χ3v) is 1.69. The van der Waals surface area contributed by atoms with Crippen molar-refractivity contribution in [1.29, 1.82) is 0 Å². The number of carboxylic acids is 1. The van der Waals surface area contributed by atoms with Gasteiger partial charge < -0.3 is 5.11 Å². The van der Waals surface area contributed by atoms with Crippen molar-refractivity contribution in [3.63, 3.8) is 0 Å². The normalized spacial score (nSPS) is 12.1. The smallest absolute Gasteiger partial charge is 0.338 e. The molecule has 2 N–H and O–H groups in total. The van der Waals surface area contributed by atoms with Crippen molar-refractivity contribution >= 4 is 23.3 Å². The fourth-order valence-electron chi connectivity index (χ4n) is 0.723. The van der Waals surface area contributed by atoms with Gasteiger partial charge in [0.2, 0.25) is 0 Å². The molecule has 1 rings (SSSR count). The molecule has 0 fully saturated rings. The molecule has 0 saturated heterocycles. The maximum atomic E-state index is 10.4. The van der Waals surface area contributed by atoms with Crippen LogP contribution in [0.2, 0.25) is 0 Å². The van der Waals surface area contributed by atoms with Crippen molar-refractivity contribution < 1.29 is 22.9 Å². The number of hydrogen-bond acceptors (Lipinski definition) is 6. The Labute approximate surface area is 87.0 Å². The predicted octanol–water partition coefficient (Wildman–Crippen LogP) is -0.321. The fourth-order valence-corrected chi connectivity index (χ4v) is 0.981. The molecule has 1 atom stereocenters. The molecular formula is C6H7N3O5S. The molecular weight excluding hydrogens is 226 g/mol. The van der Waals surface area contributed by atoms with Crippen molar-refractivity contribution in [2.45, 2.75) is 0 Å². The second-order valence-corrected chi connectivity index (χ2v) is 2.95. The van der Waals surface area contributed by atoms with Gasteiger partial charge in [0.05, 0.1) is 5.56 Å². The summed E-state index contributed by atoms with van der Waals surface area (Å²) >= 11 is -2.48. The lowest BCUT2D eigenvalue weighted by Crippen LogP contribution is -2.21. The van der Waals surface area contributed by atoms with Crippen LogP contribution in [0.15, 0.2) is 12.4 Å². The van der Waals surface area contributed by atoms with Gasteiger partial charge in [0.1, 0.15) is 0 Å². The van der Waals surface area contributed by atoms with Crippen LogP contribution >= 0.6 is 0 Å². The molecule has 1 unspecified atom stereocenters. The summed E-state index contributed by atoms with van der Waals surface area (Å²) in [5.74, 6) is -1.18. The van der Waals surface area contributed by atoms with E-state index >= 15 is 0 Å². The predicted molar refractivity (Wildman–Crippen MR) is 49.3 cm³/mol. The van der Waals surface area contributed by atoms with Crippen LogP contribution in [-0.4, -0.2) is 36.9 Å². The Morgan fingerprint density at radius 3 is 2.47 bits per heavy atom. The molecule has 0 spiro atoms. The first kappa shape index (κ1) is 11.5. The summed E-state index contributed by atoms with van der Waals surface area (Å²) < 4.78 is 23.0. The van der Waals surface area contributed by atoms with Gasteiger partial charge in [0.25, 0.3) is 5.95 Å². The fraction of sp³-hybridized carbons (Fsp3) is 0.167. The van der Waals surface area contributed by atoms with Crippen molar-refractivity contribution in [2.24, 2.45) is 0 Å². The zero-order valence-electron chi connectivity index (χ0n) is 7.52. The van der Waals surface area contributed by atoms with E-state index in [1.165, 1.54) is 7.05 Å². The van der Waals surface area contributed by atoms with Crippen LogP contribution in [-0.2, 0) is 15.6 Å². The summed E-state index contributed by atoms with van der Waals surface area (Å²) in [6.45, 7) is 0. The molecule has 9 heteroatoms. The van der Waals surface area contributed by atoms with E-state index in [0.29, 0.717) is 0 Å². The van der Waals surface area contributed by atoms with Crippen molar-refractivity contribution in [3.05, 3.63) is 18.0 Å². The van der Waals surface area contributed by atoms with Crippen LogP contribution in [0, 0.1) is 0 Å². The van der Waals surface area contributed by atoms with Crippen LogP contribution in [0.5, 0.6) is 0 Å². The summed E-state index contributed by atoms with van der Waals surface area (Å²) in [7, 11) is 1.31. The zero-order chi connectivity index (χ0) is 11.4. The summed E-state index contributed by atoms with van der Waals surface area (Å²) in [4.78, 5) is 17.7. The van der Waals surface area contributed by atoms with E-state index < -0.39 is 17.3 Å². The minimum Gasteiger partial charge on any atom is -0.478 e. The first-order chi connectivity index (χ1) is 7.00. The van der Waals surface area contributed by atoms with E-state index in [2.05, 4.69) is 14.3 Å². The Morgan fingerprint density at radius 2 is 2.07 bits per heavy atom. The molecule has 82 valence electrons. The van der Waals surface area contributed by atoms with Gasteiger partial charge in [-0.25, -0.2) is 19.8 Å². The minimum absolute atomic E-state index is 0.0256. The van der Waals surface area contributed by atoms with Gasteiger partial charge in [-0.1, -0.05) is 0 Å². The van der Waals surface area contributed by atoms with Gasteiger partial charge in [-0.3, -0.25) is 4.55 Å². The molecule has 0 aliphatic rings. The van der Waals surface area contributed by atoms with Crippen LogP contribution in [0.25, 0.3) is 0 Å². The van der Waals surface area contributed by atoms with E-state index in [-0.39, 0.29) is 11.5 Å². The highest BCUT2D eigenvalue weighted by Crippen LogP contribution is 2.05. The zero-order valence-corrected chi connectivity index (χ0v) is 8.34. The Balaban J connectivity index is 2.79. The second kappa shape index (κ2) is 4.77. The summed E-state index contributed by atoms with van der Waals surface area (Å²) in [6.07, 6.45) is 2.12. The highest BCUT2D eigenvalue weighted by Gasteiger charge is 2.09.